The van der Waals surface area contributed by atoms with Gasteiger partial charge in [0.15, 0.2) is 5.44 Å². The summed E-state index contributed by atoms with van der Waals surface area (Å²) in [4.78, 5) is 33.7. The largest absolute Gasteiger partial charge is 0.481 e. The van der Waals surface area contributed by atoms with E-state index >= 15 is 0 Å². The average Bonchev–Trinajstić information content (AvgIpc) is 2.74. The highest BCUT2D eigenvalue weighted by molar-refractivity contribution is 7.60. The summed E-state index contributed by atoms with van der Waals surface area (Å²) in [6.07, 6.45) is 1.35. The van der Waals surface area contributed by atoms with Gasteiger partial charge < -0.3 is 19.6 Å². The van der Waals surface area contributed by atoms with Gasteiger partial charge in [-0.05, 0) is 18.6 Å². The van der Waals surface area contributed by atoms with Gasteiger partial charge in [0.1, 0.15) is 5.65 Å². The third-order valence-electron chi connectivity index (χ3n) is 2.93. The van der Waals surface area contributed by atoms with E-state index in [4.69, 9.17) is 9.84 Å². The van der Waals surface area contributed by atoms with E-state index in [-0.39, 0.29) is 11.5 Å². The number of aromatic nitrogens is 2. The first-order valence-electron chi connectivity index (χ1n) is 5.60. The number of carbonyl (C=O) groups is 1. The lowest BCUT2D eigenvalue weighted by molar-refractivity contribution is -0.138. The quantitative estimate of drug-likeness (QED) is 0.696. The highest BCUT2D eigenvalue weighted by Crippen LogP contribution is 2.37. The van der Waals surface area contributed by atoms with Crippen LogP contribution in [-0.4, -0.2) is 37.4 Å². The molecule has 2 aromatic rings. The first-order valence-corrected chi connectivity index (χ1v) is 7.22. The van der Waals surface area contributed by atoms with E-state index in [1.54, 1.807) is 6.07 Å². The van der Waals surface area contributed by atoms with Crippen molar-refractivity contribution in [1.29, 1.82) is 0 Å². The fourth-order valence-corrected chi connectivity index (χ4v) is 2.66. The number of rotatable bonds is 4. The van der Waals surface area contributed by atoms with Crippen molar-refractivity contribution in [2.45, 2.75) is 12.8 Å². The van der Waals surface area contributed by atoms with Gasteiger partial charge in [-0.15, -0.1) is 0 Å². The second-order valence-corrected chi connectivity index (χ2v) is 5.75. The van der Waals surface area contributed by atoms with Crippen molar-refractivity contribution >= 4 is 24.6 Å². The lowest BCUT2D eigenvalue weighted by atomic mass is 10.0. The van der Waals surface area contributed by atoms with Crippen molar-refractivity contribution in [3.8, 4) is 5.88 Å². The van der Waals surface area contributed by atoms with E-state index < -0.39 is 24.9 Å². The number of pyridine rings is 1. The Morgan fingerprint density at radius 1 is 1.45 bits per heavy atom. The second-order valence-electron chi connectivity index (χ2n) is 4.24. The number of carboxylic acid groups (broad SMARTS) is 1. The van der Waals surface area contributed by atoms with E-state index in [2.05, 4.69) is 4.98 Å². The molecule has 1 atom stereocenters. The zero-order valence-corrected chi connectivity index (χ0v) is 11.6. The molecule has 0 aromatic carbocycles. The molecule has 0 saturated carbocycles. The molecule has 20 heavy (non-hydrogen) atoms. The molecule has 2 aromatic heterocycles. The summed E-state index contributed by atoms with van der Waals surface area (Å²) in [5.41, 5.74) is 0.274. The number of aliphatic carboxylic acids is 1. The van der Waals surface area contributed by atoms with Crippen LogP contribution in [0.5, 0.6) is 5.88 Å². The molecule has 0 saturated heterocycles. The maximum atomic E-state index is 11.5. The van der Waals surface area contributed by atoms with Crippen LogP contribution >= 0.6 is 7.60 Å². The number of hydrogen-bond donors (Lipinski definition) is 3. The third-order valence-corrected chi connectivity index (χ3v) is 3.88. The molecule has 2 heterocycles. The van der Waals surface area contributed by atoms with E-state index in [1.165, 1.54) is 26.3 Å². The van der Waals surface area contributed by atoms with Crippen molar-refractivity contribution in [3.63, 3.8) is 0 Å². The van der Waals surface area contributed by atoms with Gasteiger partial charge in [-0.1, -0.05) is 6.07 Å². The molecule has 0 fully saturated rings. The van der Waals surface area contributed by atoms with Crippen LogP contribution in [0.1, 0.15) is 18.4 Å². The second kappa shape index (κ2) is 4.90. The maximum absolute atomic E-state index is 11.5. The first kappa shape index (κ1) is 14.5. The maximum Gasteiger partial charge on any atom is 0.378 e. The Balaban J connectivity index is 2.73. The van der Waals surface area contributed by atoms with E-state index in [9.17, 15) is 19.1 Å². The molecule has 3 N–H and O–H groups in total. The van der Waals surface area contributed by atoms with Crippen LogP contribution in [0, 0.1) is 0 Å². The van der Waals surface area contributed by atoms with Gasteiger partial charge in [0.05, 0.1) is 13.0 Å². The van der Waals surface area contributed by atoms with Crippen molar-refractivity contribution in [1.82, 2.24) is 9.38 Å². The summed E-state index contributed by atoms with van der Waals surface area (Å²) in [5, 5.41) is 8.98. The SMILES string of the molecule is COc1nc2ccc(C(C)C(=O)O)cn2c1P(=O)(O)O. The minimum Gasteiger partial charge on any atom is -0.481 e. The Morgan fingerprint density at radius 2 is 2.10 bits per heavy atom. The normalized spacial score (nSPS) is 13.4. The summed E-state index contributed by atoms with van der Waals surface area (Å²) >= 11 is 0. The third kappa shape index (κ3) is 2.40. The molecule has 0 radical (unpaired) electrons. The predicted molar refractivity (Wildman–Crippen MR) is 69.5 cm³/mol. The molecule has 9 heteroatoms. The molecule has 1 unspecified atom stereocenters. The molecule has 0 aliphatic rings. The van der Waals surface area contributed by atoms with Gasteiger partial charge in [-0.3, -0.25) is 13.8 Å². The van der Waals surface area contributed by atoms with Crippen molar-refractivity contribution < 1.29 is 29.0 Å². The lowest BCUT2D eigenvalue weighted by Gasteiger charge is -2.09. The van der Waals surface area contributed by atoms with Gasteiger partial charge in [-0.25, -0.2) is 0 Å². The standard InChI is InChI=1S/C11H13N2O6P/c1-6(11(14)15)7-3-4-8-12-9(19-2)10(13(8)5-7)20(16,17)18/h3-6H,1-2H3,(H,14,15)(H2,16,17,18). The monoisotopic (exact) mass is 300 g/mol. The molecular formula is C11H13N2O6P. The lowest BCUT2D eigenvalue weighted by Crippen LogP contribution is -2.15. The fraction of sp³-hybridized carbons (Fsp3) is 0.273. The molecule has 0 spiro atoms. The number of ether oxygens (including phenoxy) is 1. The van der Waals surface area contributed by atoms with E-state index in [1.807, 2.05) is 0 Å². The van der Waals surface area contributed by atoms with Gasteiger partial charge >= 0.3 is 13.6 Å². The Morgan fingerprint density at radius 3 is 2.60 bits per heavy atom. The molecule has 0 aliphatic carbocycles. The van der Waals surface area contributed by atoms with Gasteiger partial charge in [-0.2, -0.15) is 4.98 Å². The zero-order chi connectivity index (χ0) is 15.1. The van der Waals surface area contributed by atoms with Crippen molar-refractivity contribution in [2.24, 2.45) is 0 Å². The molecule has 2 rings (SSSR count). The Kier molecular flexibility index (Phi) is 3.56. The summed E-state index contributed by atoms with van der Waals surface area (Å²) < 4.78 is 17.6. The van der Waals surface area contributed by atoms with Crippen LogP contribution in [0.15, 0.2) is 18.3 Å². The Hall–Kier alpha value is -1.89. The summed E-state index contributed by atoms with van der Waals surface area (Å²) in [5.74, 6) is -2.02. The number of imidazole rings is 1. The van der Waals surface area contributed by atoms with Gasteiger partial charge in [0, 0.05) is 6.20 Å². The van der Waals surface area contributed by atoms with Crippen LogP contribution in [0.25, 0.3) is 5.65 Å². The van der Waals surface area contributed by atoms with Crippen LogP contribution in [0.4, 0.5) is 0 Å². The van der Waals surface area contributed by atoms with Crippen molar-refractivity contribution in [3.05, 3.63) is 23.9 Å². The Labute approximate surface area is 113 Å². The molecular weight excluding hydrogens is 287 g/mol. The van der Waals surface area contributed by atoms with Gasteiger partial charge in [0.25, 0.3) is 0 Å². The minimum atomic E-state index is -4.62. The number of fused-ring (bicyclic) bond motifs is 1. The number of carboxylic acids is 1. The van der Waals surface area contributed by atoms with Crippen LogP contribution in [0.3, 0.4) is 0 Å². The van der Waals surface area contributed by atoms with Crippen LogP contribution in [0.2, 0.25) is 0 Å². The van der Waals surface area contributed by atoms with Crippen LogP contribution < -0.4 is 10.2 Å². The zero-order valence-electron chi connectivity index (χ0n) is 10.7. The van der Waals surface area contributed by atoms with Gasteiger partial charge in [0.2, 0.25) is 5.88 Å². The minimum absolute atomic E-state index is 0.182. The molecule has 0 amide bonds. The van der Waals surface area contributed by atoms with Crippen molar-refractivity contribution in [2.75, 3.05) is 7.11 Å². The fourth-order valence-electron chi connectivity index (χ4n) is 1.83. The Bertz CT molecular complexity index is 719. The summed E-state index contributed by atoms with van der Waals surface area (Å²) in [6, 6.07) is 3.03. The van der Waals surface area contributed by atoms with E-state index in [0.29, 0.717) is 5.56 Å². The van der Waals surface area contributed by atoms with Crippen LogP contribution in [-0.2, 0) is 9.36 Å². The summed E-state index contributed by atoms with van der Waals surface area (Å²) in [7, 11) is -3.36. The smallest absolute Gasteiger partial charge is 0.378 e. The molecule has 108 valence electrons. The number of methoxy groups -OCH3 is 1. The number of nitrogens with zero attached hydrogens (tertiary/aromatic N) is 2. The summed E-state index contributed by atoms with van der Waals surface area (Å²) in [6.45, 7) is 1.48. The van der Waals surface area contributed by atoms with E-state index in [0.717, 1.165) is 4.40 Å². The molecule has 8 nitrogen and oxygen atoms in total. The highest BCUT2D eigenvalue weighted by atomic mass is 31.2. The predicted octanol–water partition coefficient (Wildman–Crippen LogP) is 0.334. The molecule has 0 bridgehead atoms. The first-order chi connectivity index (χ1) is 9.25. The average molecular weight is 300 g/mol. The molecule has 0 aliphatic heterocycles. The topological polar surface area (TPSA) is 121 Å². The highest BCUT2D eigenvalue weighted by Gasteiger charge is 2.29. The number of hydrogen-bond acceptors (Lipinski definition) is 4.